The third kappa shape index (κ3) is 4.57. The Morgan fingerprint density at radius 3 is 2.71 bits per heavy atom. The SMILES string of the molecule is COc1ccc(F)cc1C(=O)CSc1nnc(N2CCOCC2)n1-c1ccccc1C. The molecule has 0 unspecified atom stereocenters. The van der Waals surface area contributed by atoms with Gasteiger partial charge in [0.1, 0.15) is 11.6 Å². The molecule has 1 fully saturated rings. The van der Waals surface area contributed by atoms with Gasteiger partial charge in [-0.1, -0.05) is 30.0 Å². The Labute approximate surface area is 184 Å². The lowest BCUT2D eigenvalue weighted by atomic mass is 10.1. The molecule has 4 rings (SSSR count). The van der Waals surface area contributed by atoms with Crippen molar-refractivity contribution in [3.05, 3.63) is 59.4 Å². The van der Waals surface area contributed by atoms with Crippen LogP contribution in [0, 0.1) is 12.7 Å². The van der Waals surface area contributed by atoms with Gasteiger partial charge in [0.25, 0.3) is 0 Å². The summed E-state index contributed by atoms with van der Waals surface area (Å²) in [7, 11) is 1.46. The number of benzene rings is 2. The van der Waals surface area contributed by atoms with Crippen molar-refractivity contribution in [3.8, 4) is 11.4 Å². The Balaban J connectivity index is 1.64. The number of thioether (sulfide) groups is 1. The molecule has 9 heteroatoms. The highest BCUT2D eigenvalue weighted by Gasteiger charge is 2.23. The number of hydrogen-bond acceptors (Lipinski definition) is 7. The number of Topliss-reactive ketones (excluding diaryl/α,β-unsaturated/α-hetero) is 1. The van der Waals surface area contributed by atoms with E-state index >= 15 is 0 Å². The molecule has 0 spiro atoms. The van der Waals surface area contributed by atoms with Crippen LogP contribution in [-0.4, -0.2) is 59.7 Å². The van der Waals surface area contributed by atoms with E-state index in [1.807, 2.05) is 35.8 Å². The molecule has 2 heterocycles. The molecule has 0 amide bonds. The van der Waals surface area contributed by atoms with Crippen molar-refractivity contribution < 1.29 is 18.7 Å². The van der Waals surface area contributed by atoms with E-state index in [2.05, 4.69) is 15.1 Å². The summed E-state index contributed by atoms with van der Waals surface area (Å²) in [6, 6.07) is 11.9. The summed E-state index contributed by atoms with van der Waals surface area (Å²) in [5, 5.41) is 9.39. The zero-order chi connectivity index (χ0) is 21.8. The number of rotatable bonds is 7. The Kier molecular flexibility index (Phi) is 6.53. The number of morpholine rings is 1. The van der Waals surface area contributed by atoms with Crippen LogP contribution in [0.2, 0.25) is 0 Å². The summed E-state index contributed by atoms with van der Waals surface area (Å²) >= 11 is 1.27. The number of aromatic nitrogens is 3. The van der Waals surface area contributed by atoms with Crippen LogP contribution >= 0.6 is 11.8 Å². The molecule has 0 radical (unpaired) electrons. The predicted octanol–water partition coefficient (Wildman–Crippen LogP) is 3.54. The first-order chi connectivity index (χ1) is 15.1. The van der Waals surface area contributed by atoms with Crippen molar-refractivity contribution in [3.63, 3.8) is 0 Å². The third-order valence-electron chi connectivity index (χ3n) is 5.06. The van der Waals surface area contributed by atoms with Gasteiger partial charge in [-0.25, -0.2) is 4.39 Å². The van der Waals surface area contributed by atoms with Gasteiger partial charge in [0, 0.05) is 13.1 Å². The summed E-state index contributed by atoms with van der Waals surface area (Å²) in [6.07, 6.45) is 0. The highest BCUT2D eigenvalue weighted by atomic mass is 32.2. The number of ether oxygens (including phenoxy) is 2. The highest BCUT2D eigenvalue weighted by Crippen LogP contribution is 2.30. The summed E-state index contributed by atoms with van der Waals surface area (Å²) in [6.45, 7) is 4.71. The smallest absolute Gasteiger partial charge is 0.232 e. The molecule has 0 atom stereocenters. The number of carbonyl (C=O) groups excluding carboxylic acids is 1. The fourth-order valence-corrected chi connectivity index (χ4v) is 4.28. The molecule has 1 aliphatic rings. The van der Waals surface area contributed by atoms with Crippen molar-refractivity contribution >= 4 is 23.5 Å². The Hall–Kier alpha value is -2.91. The topological polar surface area (TPSA) is 69.5 Å². The quantitative estimate of drug-likeness (QED) is 0.409. The summed E-state index contributed by atoms with van der Waals surface area (Å²) in [5.74, 6) is 0.421. The van der Waals surface area contributed by atoms with Crippen LogP contribution in [0.5, 0.6) is 5.75 Å². The predicted molar refractivity (Wildman–Crippen MR) is 117 cm³/mol. The number of carbonyl (C=O) groups is 1. The van der Waals surface area contributed by atoms with Crippen molar-refractivity contribution in [2.45, 2.75) is 12.1 Å². The summed E-state index contributed by atoms with van der Waals surface area (Å²) < 4.78 is 26.3. The van der Waals surface area contributed by atoms with Crippen molar-refractivity contribution in [1.82, 2.24) is 14.8 Å². The number of nitrogens with zero attached hydrogens (tertiary/aromatic N) is 4. The van der Waals surface area contributed by atoms with E-state index in [4.69, 9.17) is 9.47 Å². The van der Waals surface area contributed by atoms with E-state index in [-0.39, 0.29) is 17.1 Å². The third-order valence-corrected chi connectivity index (χ3v) is 5.99. The van der Waals surface area contributed by atoms with Crippen molar-refractivity contribution in [1.29, 1.82) is 0 Å². The summed E-state index contributed by atoms with van der Waals surface area (Å²) in [5.41, 5.74) is 2.23. The van der Waals surface area contributed by atoms with Gasteiger partial charge in [0.05, 0.1) is 37.3 Å². The lowest BCUT2D eigenvalue weighted by molar-refractivity contribution is 0.101. The summed E-state index contributed by atoms with van der Waals surface area (Å²) in [4.78, 5) is 15.0. The van der Waals surface area contributed by atoms with E-state index < -0.39 is 5.82 Å². The second-order valence-electron chi connectivity index (χ2n) is 7.06. The highest BCUT2D eigenvalue weighted by molar-refractivity contribution is 7.99. The minimum absolute atomic E-state index is 0.0763. The molecule has 2 aromatic carbocycles. The standard InChI is InChI=1S/C22H23FN4O3S/c1-15-5-3-4-6-18(15)27-21(26-9-11-30-12-10-26)24-25-22(27)31-14-19(28)17-13-16(23)7-8-20(17)29-2/h3-8,13H,9-12,14H2,1-2H3. The van der Waals surface area contributed by atoms with Gasteiger partial charge in [-0.3, -0.25) is 9.36 Å². The number of para-hydroxylation sites is 1. The van der Waals surface area contributed by atoms with Gasteiger partial charge in [-0.15, -0.1) is 10.2 Å². The van der Waals surface area contributed by atoms with Crippen LogP contribution in [0.3, 0.4) is 0 Å². The molecule has 31 heavy (non-hydrogen) atoms. The number of hydrogen-bond donors (Lipinski definition) is 0. The molecule has 1 aliphatic heterocycles. The molecule has 0 bridgehead atoms. The largest absolute Gasteiger partial charge is 0.496 e. The maximum absolute atomic E-state index is 13.7. The molecular formula is C22H23FN4O3S. The molecule has 3 aromatic rings. The lowest BCUT2D eigenvalue weighted by Crippen LogP contribution is -2.38. The minimum atomic E-state index is -0.480. The monoisotopic (exact) mass is 442 g/mol. The first-order valence-electron chi connectivity index (χ1n) is 9.92. The number of halogens is 1. The van der Waals surface area contributed by atoms with Crippen molar-refractivity contribution in [2.24, 2.45) is 0 Å². The van der Waals surface area contributed by atoms with Crippen LogP contribution in [0.25, 0.3) is 5.69 Å². The average molecular weight is 443 g/mol. The maximum Gasteiger partial charge on any atom is 0.232 e. The van der Waals surface area contributed by atoms with Gasteiger partial charge in [-0.2, -0.15) is 0 Å². The lowest BCUT2D eigenvalue weighted by Gasteiger charge is -2.28. The second-order valence-corrected chi connectivity index (χ2v) is 8.00. The van der Waals surface area contributed by atoms with Crippen LogP contribution in [-0.2, 0) is 4.74 Å². The van der Waals surface area contributed by atoms with Crippen LogP contribution in [0.4, 0.5) is 10.3 Å². The molecule has 1 aromatic heterocycles. The molecule has 162 valence electrons. The fourth-order valence-electron chi connectivity index (χ4n) is 3.45. The van der Waals surface area contributed by atoms with Gasteiger partial charge in [0.2, 0.25) is 5.95 Å². The Morgan fingerprint density at radius 1 is 1.19 bits per heavy atom. The minimum Gasteiger partial charge on any atom is -0.496 e. The molecular weight excluding hydrogens is 419 g/mol. The number of aryl methyl sites for hydroxylation is 1. The van der Waals surface area contributed by atoms with E-state index in [0.29, 0.717) is 37.2 Å². The van der Waals surface area contributed by atoms with E-state index in [1.54, 1.807) is 0 Å². The Bertz CT molecular complexity index is 1080. The van der Waals surface area contributed by atoms with E-state index in [1.165, 1.54) is 37.1 Å². The zero-order valence-electron chi connectivity index (χ0n) is 17.4. The molecule has 1 saturated heterocycles. The van der Waals surface area contributed by atoms with Crippen molar-refractivity contribution in [2.75, 3.05) is 44.1 Å². The van der Waals surface area contributed by atoms with E-state index in [0.717, 1.165) is 17.2 Å². The van der Waals surface area contributed by atoms with Gasteiger partial charge in [0.15, 0.2) is 10.9 Å². The first-order valence-corrected chi connectivity index (χ1v) is 10.9. The first kappa shape index (κ1) is 21.3. The average Bonchev–Trinajstić information content (AvgIpc) is 3.22. The van der Waals surface area contributed by atoms with Crippen LogP contribution < -0.4 is 9.64 Å². The zero-order valence-corrected chi connectivity index (χ0v) is 18.2. The number of ketones is 1. The fraction of sp³-hybridized carbons (Fsp3) is 0.318. The maximum atomic E-state index is 13.7. The molecule has 0 aliphatic carbocycles. The van der Waals surface area contributed by atoms with Gasteiger partial charge < -0.3 is 14.4 Å². The second kappa shape index (κ2) is 9.49. The molecule has 7 nitrogen and oxygen atoms in total. The van der Waals surface area contributed by atoms with Gasteiger partial charge in [-0.05, 0) is 36.8 Å². The molecule has 0 N–H and O–H groups in total. The number of anilines is 1. The van der Waals surface area contributed by atoms with Crippen LogP contribution in [0.15, 0.2) is 47.6 Å². The normalized spacial score (nSPS) is 14.0. The molecule has 0 saturated carbocycles. The van der Waals surface area contributed by atoms with E-state index in [9.17, 15) is 9.18 Å². The number of methoxy groups -OCH3 is 1. The Morgan fingerprint density at radius 2 is 1.97 bits per heavy atom. The van der Waals surface area contributed by atoms with Crippen LogP contribution in [0.1, 0.15) is 15.9 Å². The van der Waals surface area contributed by atoms with Gasteiger partial charge >= 0.3 is 0 Å².